The van der Waals surface area contributed by atoms with Crippen molar-refractivity contribution in [3.63, 3.8) is 0 Å². The molecule has 1 aromatic heterocycles. The second-order valence-corrected chi connectivity index (χ2v) is 4.12. The van der Waals surface area contributed by atoms with Crippen LogP contribution in [0.25, 0.3) is 0 Å². The van der Waals surface area contributed by atoms with Gasteiger partial charge in [-0.15, -0.1) is 0 Å². The second kappa shape index (κ2) is 4.77. The van der Waals surface area contributed by atoms with Crippen molar-refractivity contribution in [1.29, 1.82) is 5.26 Å². The van der Waals surface area contributed by atoms with Crippen LogP contribution in [-0.2, 0) is 0 Å². The van der Waals surface area contributed by atoms with E-state index in [4.69, 9.17) is 5.26 Å². The van der Waals surface area contributed by atoms with Crippen molar-refractivity contribution in [2.24, 2.45) is 5.92 Å². The Kier molecular flexibility index (Phi) is 3.66. The highest BCUT2D eigenvalue weighted by Crippen LogP contribution is 2.07. The summed E-state index contributed by atoms with van der Waals surface area (Å²) in [6.45, 7) is 3.81. The molecule has 1 amide bonds. The van der Waals surface area contributed by atoms with E-state index < -0.39 is 6.04 Å². The molecule has 0 fully saturated rings. The predicted molar refractivity (Wildman–Crippen MR) is 56.0 cm³/mol. The standard InChI is InChI=1S/C10H12N2OS/c1-7(2)9(5-11)12-10(13)8-3-4-14-6-8/h3-4,6-7,9H,1-2H3,(H,12,13). The van der Waals surface area contributed by atoms with Gasteiger partial charge in [0.2, 0.25) is 0 Å². The summed E-state index contributed by atoms with van der Waals surface area (Å²) < 4.78 is 0. The lowest BCUT2D eigenvalue weighted by atomic mass is 10.1. The van der Waals surface area contributed by atoms with Crippen LogP contribution in [0.2, 0.25) is 0 Å². The summed E-state index contributed by atoms with van der Waals surface area (Å²) in [7, 11) is 0. The van der Waals surface area contributed by atoms with Crippen molar-refractivity contribution >= 4 is 17.2 Å². The van der Waals surface area contributed by atoms with Crippen molar-refractivity contribution < 1.29 is 4.79 Å². The van der Waals surface area contributed by atoms with E-state index in [9.17, 15) is 4.79 Å². The zero-order chi connectivity index (χ0) is 10.6. The Morgan fingerprint density at radius 1 is 1.64 bits per heavy atom. The van der Waals surface area contributed by atoms with Crippen LogP contribution in [0, 0.1) is 17.2 Å². The average Bonchev–Trinajstić information content (AvgIpc) is 2.65. The number of nitrogens with zero attached hydrogens (tertiary/aromatic N) is 1. The van der Waals surface area contributed by atoms with Crippen LogP contribution in [0.1, 0.15) is 24.2 Å². The van der Waals surface area contributed by atoms with Crippen molar-refractivity contribution in [3.8, 4) is 6.07 Å². The van der Waals surface area contributed by atoms with Gasteiger partial charge in [-0.1, -0.05) is 13.8 Å². The third kappa shape index (κ3) is 2.57. The molecule has 0 aromatic carbocycles. The minimum atomic E-state index is -0.414. The number of nitriles is 1. The van der Waals surface area contributed by atoms with Gasteiger partial charge in [0.1, 0.15) is 6.04 Å². The van der Waals surface area contributed by atoms with Crippen molar-refractivity contribution in [3.05, 3.63) is 22.4 Å². The fourth-order valence-corrected chi connectivity index (χ4v) is 1.60. The quantitative estimate of drug-likeness (QED) is 0.826. The first-order chi connectivity index (χ1) is 6.65. The smallest absolute Gasteiger partial charge is 0.253 e. The fraction of sp³-hybridized carbons (Fsp3) is 0.400. The van der Waals surface area contributed by atoms with Crippen LogP contribution >= 0.6 is 11.3 Å². The topological polar surface area (TPSA) is 52.9 Å². The molecular formula is C10H12N2OS. The number of rotatable bonds is 3. The maximum Gasteiger partial charge on any atom is 0.253 e. The predicted octanol–water partition coefficient (Wildman–Crippen LogP) is 2.03. The van der Waals surface area contributed by atoms with Gasteiger partial charge in [0, 0.05) is 5.38 Å². The number of amides is 1. The zero-order valence-corrected chi connectivity index (χ0v) is 8.97. The van der Waals surface area contributed by atoms with Crippen LogP contribution in [0.4, 0.5) is 0 Å². The van der Waals surface area contributed by atoms with Crippen molar-refractivity contribution in [2.45, 2.75) is 19.9 Å². The van der Waals surface area contributed by atoms with Crippen LogP contribution in [0.5, 0.6) is 0 Å². The van der Waals surface area contributed by atoms with E-state index >= 15 is 0 Å². The van der Waals surface area contributed by atoms with Gasteiger partial charge in [-0.25, -0.2) is 0 Å². The number of carbonyl (C=O) groups is 1. The summed E-state index contributed by atoms with van der Waals surface area (Å²) in [6.07, 6.45) is 0. The largest absolute Gasteiger partial charge is 0.336 e. The zero-order valence-electron chi connectivity index (χ0n) is 8.15. The van der Waals surface area contributed by atoms with E-state index in [2.05, 4.69) is 11.4 Å². The Morgan fingerprint density at radius 3 is 2.79 bits per heavy atom. The first-order valence-corrected chi connectivity index (χ1v) is 5.32. The molecule has 0 bridgehead atoms. The molecule has 0 aliphatic heterocycles. The first kappa shape index (κ1) is 10.7. The molecule has 1 unspecified atom stereocenters. The minimum absolute atomic E-state index is 0.127. The Labute approximate surface area is 87.4 Å². The van der Waals surface area contributed by atoms with Gasteiger partial charge in [-0.05, 0) is 17.4 Å². The molecule has 1 rings (SSSR count). The van der Waals surface area contributed by atoms with Crippen molar-refractivity contribution in [1.82, 2.24) is 5.32 Å². The fourth-order valence-electron chi connectivity index (χ4n) is 0.966. The Bertz CT molecular complexity index is 338. The Morgan fingerprint density at radius 2 is 2.36 bits per heavy atom. The lowest BCUT2D eigenvalue weighted by Gasteiger charge is -2.13. The molecule has 0 aliphatic carbocycles. The molecule has 0 spiro atoms. The third-order valence-electron chi connectivity index (χ3n) is 1.88. The van der Waals surface area contributed by atoms with Crippen LogP contribution in [0.3, 0.4) is 0 Å². The molecule has 3 nitrogen and oxygen atoms in total. The van der Waals surface area contributed by atoms with E-state index in [1.54, 1.807) is 11.4 Å². The number of nitrogens with one attached hydrogen (secondary N) is 1. The second-order valence-electron chi connectivity index (χ2n) is 3.34. The molecule has 1 N–H and O–H groups in total. The molecule has 0 saturated heterocycles. The van der Waals surface area contributed by atoms with Gasteiger partial charge in [-0.3, -0.25) is 4.79 Å². The van der Waals surface area contributed by atoms with E-state index in [0.717, 1.165) is 0 Å². The minimum Gasteiger partial charge on any atom is -0.336 e. The SMILES string of the molecule is CC(C)C(C#N)NC(=O)c1ccsc1. The number of thiophene rings is 1. The molecule has 74 valence electrons. The highest BCUT2D eigenvalue weighted by atomic mass is 32.1. The molecule has 0 saturated carbocycles. The monoisotopic (exact) mass is 208 g/mol. The molecule has 1 atom stereocenters. The molecule has 1 aromatic rings. The lowest BCUT2D eigenvalue weighted by Crippen LogP contribution is -2.37. The highest BCUT2D eigenvalue weighted by molar-refractivity contribution is 7.08. The van der Waals surface area contributed by atoms with Crippen molar-refractivity contribution in [2.75, 3.05) is 0 Å². The first-order valence-electron chi connectivity index (χ1n) is 4.38. The number of hydrogen-bond acceptors (Lipinski definition) is 3. The molecule has 14 heavy (non-hydrogen) atoms. The summed E-state index contributed by atoms with van der Waals surface area (Å²) in [5, 5.41) is 15.1. The summed E-state index contributed by atoms with van der Waals surface area (Å²) in [5.74, 6) is -0.0471. The van der Waals surface area contributed by atoms with Gasteiger partial charge in [-0.2, -0.15) is 16.6 Å². The van der Waals surface area contributed by atoms with E-state index in [-0.39, 0.29) is 11.8 Å². The summed E-state index contributed by atoms with van der Waals surface area (Å²) in [6, 6.07) is 3.40. The lowest BCUT2D eigenvalue weighted by molar-refractivity contribution is 0.0938. The van der Waals surface area contributed by atoms with Gasteiger partial charge < -0.3 is 5.32 Å². The molecular weight excluding hydrogens is 196 g/mol. The maximum absolute atomic E-state index is 11.5. The Balaban J connectivity index is 2.61. The third-order valence-corrected chi connectivity index (χ3v) is 2.56. The maximum atomic E-state index is 11.5. The number of carbonyl (C=O) groups excluding carboxylic acids is 1. The normalized spacial score (nSPS) is 12.1. The van der Waals surface area contributed by atoms with Gasteiger partial charge in [0.15, 0.2) is 0 Å². The molecule has 0 radical (unpaired) electrons. The molecule has 4 heteroatoms. The summed E-state index contributed by atoms with van der Waals surface area (Å²) in [4.78, 5) is 11.5. The molecule has 0 aliphatic rings. The van der Waals surface area contributed by atoms with E-state index in [0.29, 0.717) is 5.56 Å². The van der Waals surface area contributed by atoms with Gasteiger partial charge in [0.25, 0.3) is 5.91 Å². The van der Waals surface area contributed by atoms with Crippen LogP contribution in [0.15, 0.2) is 16.8 Å². The molecule has 1 heterocycles. The Hall–Kier alpha value is -1.34. The summed E-state index contributed by atoms with van der Waals surface area (Å²) >= 11 is 1.47. The van der Waals surface area contributed by atoms with Crippen LogP contribution < -0.4 is 5.32 Å². The average molecular weight is 208 g/mol. The van der Waals surface area contributed by atoms with Gasteiger partial charge in [0.05, 0.1) is 11.6 Å². The number of hydrogen-bond donors (Lipinski definition) is 1. The van der Waals surface area contributed by atoms with Gasteiger partial charge >= 0.3 is 0 Å². The van der Waals surface area contributed by atoms with E-state index in [1.165, 1.54) is 11.3 Å². The highest BCUT2D eigenvalue weighted by Gasteiger charge is 2.16. The summed E-state index contributed by atoms with van der Waals surface area (Å²) in [5.41, 5.74) is 0.621. The van der Waals surface area contributed by atoms with E-state index in [1.807, 2.05) is 19.2 Å². The van der Waals surface area contributed by atoms with Crippen LogP contribution in [-0.4, -0.2) is 11.9 Å².